The van der Waals surface area contributed by atoms with E-state index in [2.05, 4.69) is 193 Å². The van der Waals surface area contributed by atoms with Crippen LogP contribution in [0.5, 0.6) is 0 Å². The first kappa shape index (κ1) is 32.2. The van der Waals surface area contributed by atoms with E-state index in [9.17, 15) is 0 Å². The fourth-order valence-corrected chi connectivity index (χ4v) is 11.0. The van der Waals surface area contributed by atoms with Gasteiger partial charge in [0.2, 0.25) is 0 Å². The molecule has 0 amide bonds. The first-order chi connectivity index (χ1) is 27.3. The molecule has 1 nitrogen and oxygen atoms in total. The van der Waals surface area contributed by atoms with Crippen molar-refractivity contribution in [2.45, 2.75) is 12.8 Å². The average Bonchev–Trinajstić information content (AvgIpc) is 3.83. The van der Waals surface area contributed by atoms with Gasteiger partial charge in [-0.15, -0.1) is 22.7 Å². The minimum atomic E-state index is 1.12. The number of rotatable bonds is 6. The summed E-state index contributed by atoms with van der Waals surface area (Å²) in [5.41, 5.74) is 12.3. The van der Waals surface area contributed by atoms with Gasteiger partial charge in [0.05, 0.1) is 5.69 Å². The molecule has 0 radical (unpaired) electrons. The Hall–Kier alpha value is -6.26. The first-order valence-corrected chi connectivity index (χ1v) is 20.6. The van der Waals surface area contributed by atoms with Crippen molar-refractivity contribution in [3.63, 3.8) is 0 Å². The molecule has 10 aromatic rings. The molecule has 0 bridgehead atoms. The van der Waals surface area contributed by atoms with Crippen LogP contribution in [-0.2, 0) is 6.42 Å². The summed E-state index contributed by atoms with van der Waals surface area (Å²) in [5.74, 6) is 0. The number of hydrogen-bond donors (Lipinski definition) is 0. The minimum absolute atomic E-state index is 1.12. The molecule has 0 fully saturated rings. The molecule has 2 aromatic heterocycles. The van der Waals surface area contributed by atoms with Crippen molar-refractivity contribution in [1.82, 2.24) is 0 Å². The number of benzene rings is 8. The molecule has 1 aliphatic rings. The van der Waals surface area contributed by atoms with Gasteiger partial charge in [0, 0.05) is 57.6 Å². The molecule has 3 heteroatoms. The van der Waals surface area contributed by atoms with E-state index in [0.29, 0.717) is 0 Å². The maximum atomic E-state index is 2.44. The topological polar surface area (TPSA) is 3.24 Å². The van der Waals surface area contributed by atoms with Gasteiger partial charge in [0.15, 0.2) is 0 Å². The van der Waals surface area contributed by atoms with Crippen molar-refractivity contribution in [2.75, 3.05) is 4.90 Å². The molecule has 0 saturated carbocycles. The number of para-hydroxylation sites is 1. The van der Waals surface area contributed by atoms with E-state index in [1.807, 2.05) is 22.7 Å². The molecule has 8 aromatic carbocycles. The second-order valence-corrected chi connectivity index (χ2v) is 16.5. The van der Waals surface area contributed by atoms with Crippen LogP contribution in [0.25, 0.3) is 80.5 Å². The van der Waals surface area contributed by atoms with Crippen LogP contribution in [0.4, 0.5) is 17.1 Å². The van der Waals surface area contributed by atoms with E-state index in [4.69, 9.17) is 0 Å². The Morgan fingerprint density at radius 2 is 1.04 bits per heavy atom. The zero-order chi connectivity index (χ0) is 36.3. The molecule has 0 N–H and O–H groups in total. The fourth-order valence-electron chi connectivity index (χ4n) is 8.58. The standard InChI is InChI=1S/C52H35NS2/c1-2-14-39-34(12-1)13-9-18-40(39)35-26-30-37(31-27-35)53(38-32-28-36(29-33-38)41-19-11-25-50-51(41)46-17-5-8-24-49(46)54-50)47-22-6-3-15-42(47)44-20-10-21-45-43-16-4-7-23-48(43)55-52(44)45/h1-7,9-23,25-33H,8,24H2. The average molecular weight is 738 g/mol. The number of hydrogen-bond acceptors (Lipinski definition) is 3. The largest absolute Gasteiger partial charge is 0.310 e. The summed E-state index contributed by atoms with van der Waals surface area (Å²) in [6.45, 7) is 0. The summed E-state index contributed by atoms with van der Waals surface area (Å²) in [4.78, 5) is 3.94. The fraction of sp³-hybridized carbons (Fsp3) is 0.0385. The lowest BCUT2D eigenvalue weighted by molar-refractivity contribution is 1.02. The molecule has 0 unspecified atom stereocenters. The predicted octanol–water partition coefficient (Wildman–Crippen LogP) is 15.9. The molecule has 2 heterocycles. The van der Waals surface area contributed by atoms with Gasteiger partial charge in [0.1, 0.15) is 0 Å². The molecule has 0 spiro atoms. The lowest BCUT2D eigenvalue weighted by Crippen LogP contribution is -2.11. The molecule has 0 saturated heterocycles. The predicted molar refractivity (Wildman–Crippen MR) is 241 cm³/mol. The molecule has 1 aliphatic carbocycles. The van der Waals surface area contributed by atoms with E-state index in [0.717, 1.165) is 29.9 Å². The third-order valence-electron chi connectivity index (χ3n) is 11.2. The van der Waals surface area contributed by atoms with E-state index in [1.165, 1.54) is 84.9 Å². The van der Waals surface area contributed by atoms with E-state index < -0.39 is 0 Å². The molecular formula is C52H35NS2. The molecular weight excluding hydrogens is 703 g/mol. The van der Waals surface area contributed by atoms with Crippen LogP contribution in [0, 0.1) is 0 Å². The Labute approximate surface area is 328 Å². The van der Waals surface area contributed by atoms with Crippen LogP contribution in [0.15, 0.2) is 182 Å². The molecule has 0 aliphatic heterocycles. The summed E-state index contributed by atoms with van der Waals surface area (Å²) >= 11 is 3.84. The highest BCUT2D eigenvalue weighted by Gasteiger charge is 2.21. The highest BCUT2D eigenvalue weighted by molar-refractivity contribution is 7.26. The second kappa shape index (κ2) is 13.2. The second-order valence-electron chi connectivity index (χ2n) is 14.3. The number of aryl methyl sites for hydroxylation is 1. The Morgan fingerprint density at radius 3 is 1.89 bits per heavy atom. The van der Waals surface area contributed by atoms with Gasteiger partial charge in [0.25, 0.3) is 0 Å². The van der Waals surface area contributed by atoms with Crippen LogP contribution in [0.1, 0.15) is 16.9 Å². The van der Waals surface area contributed by atoms with Crippen molar-refractivity contribution in [1.29, 1.82) is 0 Å². The zero-order valence-corrected chi connectivity index (χ0v) is 31.7. The van der Waals surface area contributed by atoms with E-state index in [-0.39, 0.29) is 0 Å². The molecule has 260 valence electrons. The molecule has 0 atom stereocenters. The SMILES string of the molecule is C1=Cc2c(sc3cccc(-c4ccc(N(c5ccc(-c6cccc7ccccc67)cc5)c5ccccc5-c5cccc6c5sc5ccccc56)cc4)c23)CC1. The highest BCUT2D eigenvalue weighted by atomic mass is 32.1. The van der Waals surface area contributed by atoms with Crippen LogP contribution >= 0.6 is 22.7 Å². The smallest absolute Gasteiger partial charge is 0.0540 e. The number of allylic oxidation sites excluding steroid dienone is 1. The van der Waals surface area contributed by atoms with E-state index in [1.54, 1.807) is 0 Å². The Kier molecular flexibility index (Phi) is 7.75. The summed E-state index contributed by atoms with van der Waals surface area (Å²) in [5, 5.41) is 6.53. The van der Waals surface area contributed by atoms with Crippen molar-refractivity contribution >= 4 is 86.8 Å². The van der Waals surface area contributed by atoms with Gasteiger partial charge < -0.3 is 4.90 Å². The summed E-state index contributed by atoms with van der Waals surface area (Å²) in [6, 6.07) is 64.8. The van der Waals surface area contributed by atoms with Crippen LogP contribution in [0.2, 0.25) is 0 Å². The van der Waals surface area contributed by atoms with Gasteiger partial charge in [-0.2, -0.15) is 0 Å². The number of nitrogens with zero attached hydrogens (tertiary/aromatic N) is 1. The van der Waals surface area contributed by atoms with Crippen molar-refractivity contribution in [3.05, 3.63) is 192 Å². The summed E-state index contributed by atoms with van der Waals surface area (Å²) < 4.78 is 4.01. The van der Waals surface area contributed by atoms with E-state index >= 15 is 0 Å². The van der Waals surface area contributed by atoms with Gasteiger partial charge >= 0.3 is 0 Å². The number of anilines is 3. The van der Waals surface area contributed by atoms with Crippen molar-refractivity contribution in [2.24, 2.45) is 0 Å². The van der Waals surface area contributed by atoms with Gasteiger partial charge in [-0.05, 0) is 93.9 Å². The third kappa shape index (κ3) is 5.42. The van der Waals surface area contributed by atoms with Crippen LogP contribution < -0.4 is 4.90 Å². The Morgan fingerprint density at radius 1 is 0.436 bits per heavy atom. The maximum Gasteiger partial charge on any atom is 0.0540 e. The lowest BCUT2D eigenvalue weighted by Gasteiger charge is -2.28. The Balaban J connectivity index is 1.08. The number of thiophene rings is 2. The quantitative estimate of drug-likeness (QED) is 0.164. The normalized spacial score (nSPS) is 12.5. The van der Waals surface area contributed by atoms with Crippen molar-refractivity contribution < 1.29 is 0 Å². The van der Waals surface area contributed by atoms with Crippen molar-refractivity contribution in [3.8, 4) is 33.4 Å². The highest BCUT2D eigenvalue weighted by Crippen LogP contribution is 2.47. The van der Waals surface area contributed by atoms with Gasteiger partial charge in [-0.3, -0.25) is 0 Å². The summed E-state index contributed by atoms with van der Waals surface area (Å²) in [6.07, 6.45) is 6.93. The van der Waals surface area contributed by atoms with Gasteiger partial charge in [-0.1, -0.05) is 146 Å². The van der Waals surface area contributed by atoms with Crippen LogP contribution in [0.3, 0.4) is 0 Å². The monoisotopic (exact) mass is 737 g/mol. The van der Waals surface area contributed by atoms with Crippen LogP contribution in [-0.4, -0.2) is 0 Å². The molecule has 55 heavy (non-hydrogen) atoms. The first-order valence-electron chi connectivity index (χ1n) is 19.0. The third-order valence-corrected chi connectivity index (χ3v) is 13.6. The summed E-state index contributed by atoms with van der Waals surface area (Å²) in [7, 11) is 0. The molecule has 11 rings (SSSR count). The maximum absolute atomic E-state index is 2.44. The Bertz CT molecular complexity index is 3080. The number of fused-ring (bicyclic) bond motifs is 7. The van der Waals surface area contributed by atoms with Gasteiger partial charge in [-0.25, -0.2) is 0 Å². The zero-order valence-electron chi connectivity index (χ0n) is 30.1. The minimum Gasteiger partial charge on any atom is -0.310 e. The lowest BCUT2D eigenvalue weighted by atomic mass is 9.95.